The lowest BCUT2D eigenvalue weighted by atomic mass is 9.78. The Hall–Kier alpha value is -4.72. The predicted molar refractivity (Wildman–Crippen MR) is 169 cm³/mol. The maximum Gasteiger partial charge on any atom is 0.159 e. The van der Waals surface area contributed by atoms with E-state index in [2.05, 4.69) is 99.9 Å². The van der Waals surface area contributed by atoms with E-state index in [4.69, 9.17) is 14.5 Å². The highest BCUT2D eigenvalue weighted by Crippen LogP contribution is 2.44. The Bertz CT molecular complexity index is 1810. The second kappa shape index (κ2) is 10.8. The van der Waals surface area contributed by atoms with E-state index in [1.807, 2.05) is 44.8 Å². The van der Waals surface area contributed by atoms with E-state index >= 15 is 0 Å². The second-order valence-electron chi connectivity index (χ2n) is 11.4. The van der Waals surface area contributed by atoms with Crippen molar-refractivity contribution in [3.05, 3.63) is 148 Å². The molecule has 0 saturated carbocycles. The Balaban J connectivity index is 1.43. The first-order chi connectivity index (χ1) is 20.9. The molecule has 7 nitrogen and oxygen atoms in total. The summed E-state index contributed by atoms with van der Waals surface area (Å²) in [5.74, 6) is 0.833. The van der Waals surface area contributed by atoms with Crippen molar-refractivity contribution in [2.45, 2.75) is 38.3 Å². The molecule has 3 aromatic carbocycles. The number of pyridine rings is 1. The summed E-state index contributed by atoms with van der Waals surface area (Å²) in [6.45, 7) is 4.76. The van der Waals surface area contributed by atoms with Crippen molar-refractivity contribution in [2.24, 2.45) is 7.05 Å². The number of aryl methyl sites for hydroxylation is 3. The van der Waals surface area contributed by atoms with Crippen LogP contribution in [0.1, 0.15) is 44.8 Å². The Morgan fingerprint density at radius 3 is 2.53 bits per heavy atom. The minimum Gasteiger partial charge on any atom is -0.497 e. The van der Waals surface area contributed by atoms with Crippen LogP contribution in [0, 0.1) is 13.8 Å². The van der Waals surface area contributed by atoms with Crippen molar-refractivity contribution < 1.29 is 9.47 Å². The van der Waals surface area contributed by atoms with Crippen molar-refractivity contribution >= 4 is 11.3 Å². The lowest BCUT2D eigenvalue weighted by molar-refractivity contribution is 0.403. The highest BCUT2D eigenvalue weighted by molar-refractivity contribution is 5.88. The summed E-state index contributed by atoms with van der Waals surface area (Å²) in [5, 5.41) is 7.59. The number of ether oxygens (including phenoxy) is 2. The summed E-state index contributed by atoms with van der Waals surface area (Å²) >= 11 is 0. The molecule has 5 aromatic rings. The van der Waals surface area contributed by atoms with Gasteiger partial charge in [0.15, 0.2) is 6.23 Å². The number of hydrogen-bond donors (Lipinski definition) is 2. The average molecular weight is 570 g/mol. The zero-order chi connectivity index (χ0) is 29.6. The average Bonchev–Trinajstić information content (AvgIpc) is 3.65. The van der Waals surface area contributed by atoms with Gasteiger partial charge in [0.05, 0.1) is 25.3 Å². The zero-order valence-corrected chi connectivity index (χ0v) is 24.8. The van der Waals surface area contributed by atoms with Gasteiger partial charge < -0.3 is 19.4 Å². The molecule has 2 aliphatic rings. The Kier molecular flexibility index (Phi) is 6.84. The summed E-state index contributed by atoms with van der Waals surface area (Å²) in [7, 11) is 3.73. The quantitative estimate of drug-likeness (QED) is 0.220. The van der Waals surface area contributed by atoms with Crippen LogP contribution in [0.3, 0.4) is 0 Å². The minimum atomic E-state index is -0.760. The topological polar surface area (TPSA) is 76.5 Å². The maximum atomic E-state index is 5.92. The fraction of sp³-hybridized carbons (Fsp3) is 0.222. The van der Waals surface area contributed by atoms with Gasteiger partial charge in [-0.25, -0.2) is 4.98 Å². The first-order valence-corrected chi connectivity index (χ1v) is 14.6. The van der Waals surface area contributed by atoms with Crippen molar-refractivity contribution in [1.29, 1.82) is 0 Å². The van der Waals surface area contributed by atoms with Gasteiger partial charge in [-0.3, -0.25) is 10.3 Å². The van der Waals surface area contributed by atoms with Crippen LogP contribution in [0.15, 0.2) is 104 Å². The van der Waals surface area contributed by atoms with Gasteiger partial charge in [-0.15, -0.1) is 0 Å². The molecule has 1 saturated heterocycles. The number of nitrogens with zero attached hydrogens (tertiary/aromatic N) is 3. The summed E-state index contributed by atoms with van der Waals surface area (Å²) in [6, 6.07) is 27.8. The lowest BCUT2D eigenvalue weighted by Gasteiger charge is -2.37. The van der Waals surface area contributed by atoms with Crippen LogP contribution in [0.5, 0.6) is 5.75 Å². The predicted octanol–water partition coefficient (Wildman–Crippen LogP) is 6.10. The SMILES string of the molecule is COc1ccc(CNC(c2ccc(C)nc2)(c2ccc3c(c2)C(c2cccc(C)c2)=CC2OC2N3)c2cncn2C)cc1. The molecule has 216 valence electrons. The molecule has 7 rings (SSSR count). The molecule has 0 amide bonds. The molecule has 0 spiro atoms. The molecule has 0 radical (unpaired) electrons. The van der Waals surface area contributed by atoms with Crippen LogP contribution in [-0.2, 0) is 23.9 Å². The summed E-state index contributed by atoms with van der Waals surface area (Å²) in [6.07, 6.45) is 8.07. The number of nitrogens with one attached hydrogen (secondary N) is 2. The van der Waals surface area contributed by atoms with Crippen LogP contribution in [0.2, 0.25) is 0 Å². The van der Waals surface area contributed by atoms with Crippen molar-refractivity contribution in [2.75, 3.05) is 12.4 Å². The number of aromatic nitrogens is 3. The third-order valence-electron chi connectivity index (χ3n) is 8.49. The molecular weight excluding hydrogens is 534 g/mol. The molecular formula is C36H35N5O2. The summed E-state index contributed by atoms with van der Waals surface area (Å²) in [4.78, 5) is 9.32. The van der Waals surface area contributed by atoms with Crippen molar-refractivity contribution in [3.8, 4) is 5.75 Å². The van der Waals surface area contributed by atoms with Crippen LogP contribution in [0.4, 0.5) is 5.69 Å². The largest absolute Gasteiger partial charge is 0.497 e. The van der Waals surface area contributed by atoms with Crippen LogP contribution >= 0.6 is 0 Å². The molecule has 2 N–H and O–H groups in total. The molecule has 1 fully saturated rings. The smallest absolute Gasteiger partial charge is 0.159 e. The first kappa shape index (κ1) is 27.1. The van der Waals surface area contributed by atoms with Crippen molar-refractivity contribution in [1.82, 2.24) is 19.9 Å². The standard InChI is InChI=1S/C36H35N5O2/c1-23-6-5-7-26(16-23)30-18-33-35(43-33)40-32-15-12-27(17-31(30)32)36(34-21-37-22-41(34)3,28-11-8-24(2)38-20-28)39-19-25-9-13-29(42-4)14-10-25/h5-18,20-22,33,35,39-40H,19H2,1-4H3. The highest BCUT2D eigenvalue weighted by Gasteiger charge is 2.42. The van der Waals surface area contributed by atoms with Crippen LogP contribution in [-0.4, -0.2) is 34.0 Å². The Morgan fingerprint density at radius 2 is 1.81 bits per heavy atom. The monoisotopic (exact) mass is 569 g/mol. The second-order valence-corrected chi connectivity index (χ2v) is 11.4. The molecule has 4 heterocycles. The summed E-state index contributed by atoms with van der Waals surface area (Å²) < 4.78 is 13.4. The third kappa shape index (κ3) is 5.01. The van der Waals surface area contributed by atoms with E-state index < -0.39 is 5.54 Å². The summed E-state index contributed by atoms with van der Waals surface area (Å²) in [5.41, 5.74) is 10.2. The van der Waals surface area contributed by atoms with Gasteiger partial charge >= 0.3 is 0 Å². The molecule has 0 bridgehead atoms. The van der Waals surface area contributed by atoms with E-state index in [0.717, 1.165) is 50.7 Å². The molecule has 0 aliphatic carbocycles. The molecule has 43 heavy (non-hydrogen) atoms. The molecule has 7 heteroatoms. The van der Waals surface area contributed by atoms with Gasteiger partial charge in [0.25, 0.3) is 0 Å². The normalized spacial score (nSPS) is 18.4. The van der Waals surface area contributed by atoms with Gasteiger partial charge in [0.1, 0.15) is 17.4 Å². The lowest BCUT2D eigenvalue weighted by Crippen LogP contribution is -2.45. The first-order valence-electron chi connectivity index (χ1n) is 14.6. The van der Waals surface area contributed by atoms with Gasteiger partial charge in [0, 0.05) is 42.3 Å². The number of methoxy groups -OCH3 is 1. The number of hydrogen-bond acceptors (Lipinski definition) is 6. The van der Waals surface area contributed by atoms with Gasteiger partial charge in [-0.1, -0.05) is 54.1 Å². The number of imidazole rings is 1. The number of benzene rings is 3. The number of rotatable bonds is 8. The maximum absolute atomic E-state index is 5.92. The van der Waals surface area contributed by atoms with E-state index in [9.17, 15) is 0 Å². The Labute approximate surface area is 252 Å². The Morgan fingerprint density at radius 1 is 0.977 bits per heavy atom. The van der Waals surface area contributed by atoms with Gasteiger partial charge in [0.2, 0.25) is 0 Å². The minimum absolute atomic E-state index is 0.0109. The number of epoxide rings is 1. The van der Waals surface area contributed by atoms with Crippen molar-refractivity contribution in [3.63, 3.8) is 0 Å². The van der Waals surface area contributed by atoms with E-state index in [-0.39, 0.29) is 12.3 Å². The number of fused-ring (bicyclic) bond motifs is 2. The molecule has 2 aliphatic heterocycles. The number of anilines is 1. The zero-order valence-electron chi connectivity index (χ0n) is 24.8. The molecule has 3 unspecified atom stereocenters. The fourth-order valence-electron chi connectivity index (χ4n) is 6.11. The van der Waals surface area contributed by atoms with E-state index in [1.54, 1.807) is 7.11 Å². The van der Waals surface area contributed by atoms with Gasteiger partial charge in [-0.2, -0.15) is 0 Å². The fourth-order valence-corrected chi connectivity index (χ4v) is 6.11. The highest BCUT2D eigenvalue weighted by atomic mass is 16.6. The molecule has 3 atom stereocenters. The third-order valence-corrected chi connectivity index (χ3v) is 8.49. The molecule has 2 aromatic heterocycles. The van der Waals surface area contributed by atoms with Crippen LogP contribution in [0.25, 0.3) is 5.57 Å². The van der Waals surface area contributed by atoms with E-state index in [0.29, 0.717) is 6.54 Å². The van der Waals surface area contributed by atoms with Gasteiger partial charge in [-0.05, 0) is 72.5 Å². The van der Waals surface area contributed by atoms with Crippen LogP contribution < -0.4 is 15.4 Å². The van der Waals surface area contributed by atoms with E-state index in [1.165, 1.54) is 11.1 Å².